The number of alkyl halides is 3. The lowest BCUT2D eigenvalue weighted by Gasteiger charge is -2.30. The molecule has 2 amide bonds. The number of ether oxygens (including phenoxy) is 3. The SMILES string of the molecule is C=Nc1sc2c(F)ccc(-c3c(C(F)(F)F)cc4c(N5C[C@@H]6C[C@H]5CN6)nc(OC[C@H](C)OC)nc4c3OCc3ccc(-c4cn([C@H](C(=O)N5C[C@H](O)C[C@H]5C(=O)N[C@@H](CO)c5ccc(-c6cccc(F)c6F)cc5)C(C)C)nn4)cc3)c2c1C#N. The maximum Gasteiger partial charge on any atom is 0.417 e. The van der Waals surface area contributed by atoms with Gasteiger partial charge in [-0.1, -0.05) is 85.8 Å². The van der Waals surface area contributed by atoms with Crippen molar-refractivity contribution in [3.63, 3.8) is 0 Å². The zero-order valence-corrected chi connectivity index (χ0v) is 47.6. The summed E-state index contributed by atoms with van der Waals surface area (Å²) >= 11 is 0.777. The summed E-state index contributed by atoms with van der Waals surface area (Å²) in [4.78, 5) is 45.2. The molecule has 5 aromatic carbocycles. The number of β-amino-alcohol motifs (C(OH)–C–C–N with tert-alkyl or cyclic N) is 1. The number of benzene rings is 5. The number of fused-ring (bicyclic) bond motifs is 4. The molecule has 0 radical (unpaired) electrons. The van der Waals surface area contributed by atoms with Gasteiger partial charge in [0.15, 0.2) is 17.4 Å². The van der Waals surface area contributed by atoms with Crippen LogP contribution in [-0.2, 0) is 27.1 Å². The smallest absolute Gasteiger partial charge is 0.417 e. The molecule has 25 heteroatoms. The fourth-order valence-corrected chi connectivity index (χ4v) is 12.5. The molecule has 86 heavy (non-hydrogen) atoms. The molecule has 3 aliphatic rings. The second kappa shape index (κ2) is 24.1. The Morgan fingerprint density at radius 3 is 2.38 bits per heavy atom. The molecule has 7 atom stereocenters. The number of thiophene rings is 1. The number of aliphatic imine (C=N–C) groups is 1. The third-order valence-corrected chi connectivity index (χ3v) is 17.1. The predicted octanol–water partition coefficient (Wildman–Crippen LogP) is 9.63. The van der Waals surface area contributed by atoms with Crippen LogP contribution in [0, 0.1) is 34.7 Å². The summed E-state index contributed by atoms with van der Waals surface area (Å²) < 4.78 is 112. The molecule has 4 N–H and O–H groups in total. The van der Waals surface area contributed by atoms with Gasteiger partial charge < -0.3 is 44.9 Å². The number of carbonyl (C=O) groups is 2. The minimum absolute atomic E-state index is 0.00950. The van der Waals surface area contributed by atoms with Crippen LogP contribution >= 0.6 is 11.3 Å². The van der Waals surface area contributed by atoms with E-state index in [2.05, 4.69) is 32.7 Å². The molecule has 6 heterocycles. The monoisotopic (exact) mass is 1200 g/mol. The van der Waals surface area contributed by atoms with Crippen molar-refractivity contribution in [2.45, 2.75) is 88.8 Å². The minimum atomic E-state index is -5.06. The summed E-state index contributed by atoms with van der Waals surface area (Å²) in [5.41, 5.74) is 0.137. The van der Waals surface area contributed by atoms with E-state index in [1.165, 1.54) is 47.0 Å². The number of methoxy groups -OCH3 is 1. The maximum atomic E-state index is 16.0. The number of nitrogens with zero attached hydrogens (tertiary/aromatic N) is 9. The van der Waals surface area contributed by atoms with Gasteiger partial charge in [0.25, 0.3) is 0 Å². The number of piperazine rings is 1. The summed E-state index contributed by atoms with van der Waals surface area (Å²) in [6, 6.07) is 18.6. The van der Waals surface area contributed by atoms with Crippen molar-refractivity contribution in [3.05, 3.63) is 131 Å². The first-order valence-electron chi connectivity index (χ1n) is 27.6. The largest absolute Gasteiger partial charge is 0.486 e. The molecule has 8 aromatic rings. The summed E-state index contributed by atoms with van der Waals surface area (Å²) in [5, 5.41) is 46.5. The second-order valence-electron chi connectivity index (χ2n) is 21.8. The summed E-state index contributed by atoms with van der Waals surface area (Å²) in [6.45, 7) is 8.80. The summed E-state index contributed by atoms with van der Waals surface area (Å²) in [6.07, 6.45) is -4.35. The predicted molar refractivity (Wildman–Crippen MR) is 308 cm³/mol. The third-order valence-electron chi connectivity index (χ3n) is 15.9. The van der Waals surface area contributed by atoms with Crippen molar-refractivity contribution in [3.8, 4) is 51.3 Å². The van der Waals surface area contributed by atoms with Gasteiger partial charge in [-0.3, -0.25) is 14.6 Å². The molecule has 446 valence electrons. The number of halogens is 6. The van der Waals surface area contributed by atoms with E-state index in [1.54, 1.807) is 63.4 Å². The highest BCUT2D eigenvalue weighted by atomic mass is 32.1. The number of anilines is 1. The highest BCUT2D eigenvalue weighted by Gasteiger charge is 2.45. The first-order valence-corrected chi connectivity index (χ1v) is 28.4. The van der Waals surface area contributed by atoms with Gasteiger partial charge in [0.05, 0.1) is 46.9 Å². The fourth-order valence-electron chi connectivity index (χ4n) is 11.6. The number of carbonyl (C=O) groups excluding carboxylic acids is 2. The molecule has 3 aliphatic heterocycles. The quantitative estimate of drug-likeness (QED) is 0.0437. The van der Waals surface area contributed by atoms with E-state index in [0.717, 1.165) is 36.0 Å². The zero-order valence-electron chi connectivity index (χ0n) is 46.8. The minimum Gasteiger partial charge on any atom is -0.486 e. The topological polar surface area (TPSA) is 225 Å². The van der Waals surface area contributed by atoms with Crippen molar-refractivity contribution in [2.24, 2.45) is 10.9 Å². The van der Waals surface area contributed by atoms with E-state index < -0.39 is 89.4 Å². The maximum absolute atomic E-state index is 16.0. The zero-order chi connectivity index (χ0) is 60.9. The van der Waals surface area contributed by atoms with Gasteiger partial charge in [0.2, 0.25) is 11.8 Å². The lowest BCUT2D eigenvalue weighted by atomic mass is 9.92. The highest BCUT2D eigenvalue weighted by Crippen LogP contribution is 2.53. The number of amides is 2. The van der Waals surface area contributed by atoms with E-state index in [9.17, 15) is 33.8 Å². The molecule has 0 aliphatic carbocycles. The first-order chi connectivity index (χ1) is 41.3. The van der Waals surface area contributed by atoms with Gasteiger partial charge in [-0.05, 0) is 66.4 Å². The molecule has 11 rings (SSSR count). The average molecular weight is 1200 g/mol. The molecule has 3 saturated heterocycles. The Morgan fingerprint density at radius 2 is 1.72 bits per heavy atom. The fraction of sp³-hybridized carbons (Fsp3) is 0.344. The second-order valence-corrected chi connectivity index (χ2v) is 22.8. The lowest BCUT2D eigenvalue weighted by Crippen LogP contribution is -2.50. The van der Waals surface area contributed by atoms with Crippen LogP contribution < -0.4 is 25.0 Å². The Kier molecular flexibility index (Phi) is 16.6. The van der Waals surface area contributed by atoms with E-state index in [-0.39, 0.29) is 98.5 Å². The Bertz CT molecular complexity index is 3950. The molecule has 3 fully saturated rings. The number of aromatic nitrogens is 5. The van der Waals surface area contributed by atoms with Gasteiger partial charge >= 0.3 is 12.2 Å². The molecule has 3 aromatic heterocycles. The average Bonchev–Trinajstić information content (AvgIpc) is 1.28. The van der Waals surface area contributed by atoms with Crippen LogP contribution in [0.4, 0.5) is 37.2 Å². The van der Waals surface area contributed by atoms with Crippen LogP contribution in [0.15, 0.2) is 96.1 Å². The Labute approximate surface area is 492 Å². The van der Waals surface area contributed by atoms with Gasteiger partial charge in [-0.15, -0.1) is 16.4 Å². The van der Waals surface area contributed by atoms with Crippen molar-refractivity contribution in [1.82, 2.24) is 40.5 Å². The summed E-state index contributed by atoms with van der Waals surface area (Å²) in [7, 11) is 1.50. The van der Waals surface area contributed by atoms with Crippen molar-refractivity contribution >= 4 is 61.7 Å². The van der Waals surface area contributed by atoms with Gasteiger partial charge in [-0.2, -0.15) is 28.4 Å². The van der Waals surface area contributed by atoms with Crippen LogP contribution in [0.3, 0.4) is 0 Å². The number of rotatable bonds is 19. The standard InChI is InChI=1S/C61H57F6N11O7S/c1-30(2)53(59(82)77-25-38(80)20-48(77)57(81)71-47(27-79)35-15-13-33(14-16-35)39-7-6-8-44(62)51(39)64)78-26-46(74-75-78)34-11-9-32(10-12-34)29-84-54-50(40-17-18-45(63)55-49(40)42(22-68)58(69-4)86-55)43(61(65,66)67)21-41-52(54)72-60(85-28-31(3)83-5)73-56(41)76-24-36-19-37(76)23-70-36/h6-18,21,26,30-31,36-38,47-48,53,70,79-80H,4,19-20,23-25,27-29H2,1-3,5H3,(H,71,81)/t31-,36-,37-,38+,47-,48-,53-/m0/s1. The number of aliphatic hydroxyl groups excluding tert-OH is 2. The molecule has 0 spiro atoms. The molecule has 0 saturated carbocycles. The number of hydrogen-bond donors (Lipinski definition) is 4. The van der Waals surface area contributed by atoms with Gasteiger partial charge in [0, 0.05) is 72.7 Å². The van der Waals surface area contributed by atoms with Crippen LogP contribution in [0.25, 0.3) is 54.5 Å². The molecule has 18 nitrogen and oxygen atoms in total. The van der Waals surface area contributed by atoms with Crippen LogP contribution in [-0.4, -0.2) is 129 Å². The number of hydrogen-bond acceptors (Lipinski definition) is 16. The molecular weight excluding hydrogens is 1140 g/mol. The Morgan fingerprint density at radius 1 is 0.965 bits per heavy atom. The number of nitriles is 1. The van der Waals surface area contributed by atoms with E-state index >= 15 is 17.6 Å². The van der Waals surface area contributed by atoms with Crippen LogP contribution in [0.5, 0.6) is 11.8 Å². The summed E-state index contributed by atoms with van der Waals surface area (Å²) in [5.74, 6) is -4.55. The van der Waals surface area contributed by atoms with Crippen molar-refractivity contribution in [2.75, 3.05) is 44.9 Å². The van der Waals surface area contributed by atoms with E-state index in [0.29, 0.717) is 41.0 Å². The van der Waals surface area contributed by atoms with Crippen molar-refractivity contribution < 1.29 is 60.4 Å². The van der Waals surface area contributed by atoms with Gasteiger partial charge in [-0.25, -0.2) is 17.9 Å². The number of likely N-dealkylation sites (tertiary alicyclic amines) is 1. The van der Waals surface area contributed by atoms with Crippen molar-refractivity contribution in [1.29, 1.82) is 5.26 Å². The molecule has 2 bridgehead atoms. The normalized spacial score (nSPS) is 18.7. The number of nitrogens with one attached hydrogen (secondary N) is 2. The van der Waals surface area contributed by atoms with E-state index in [4.69, 9.17) is 24.2 Å². The van der Waals surface area contributed by atoms with Crippen LogP contribution in [0.2, 0.25) is 0 Å². The first kappa shape index (κ1) is 59.2. The Balaban J connectivity index is 0.893. The third kappa shape index (κ3) is 11.3. The number of aliphatic hydroxyl groups is 2. The lowest BCUT2D eigenvalue weighted by molar-refractivity contribution is -0.142. The Hall–Kier alpha value is -8.54. The van der Waals surface area contributed by atoms with E-state index in [1.807, 2.05) is 11.0 Å². The van der Waals surface area contributed by atoms with Gasteiger partial charge in [0.1, 0.15) is 59.2 Å². The van der Waals surface area contributed by atoms with Crippen LogP contribution in [0.1, 0.15) is 68.0 Å². The molecule has 0 unspecified atom stereocenters. The molecular formula is C61H57F6N11O7S. The highest BCUT2D eigenvalue weighted by molar-refractivity contribution is 7.23.